The van der Waals surface area contributed by atoms with Crippen molar-refractivity contribution in [3.05, 3.63) is 47.5 Å². The van der Waals surface area contributed by atoms with Crippen molar-refractivity contribution < 1.29 is 9.59 Å². The van der Waals surface area contributed by atoms with Gasteiger partial charge in [-0.3, -0.25) is 14.3 Å². The molecule has 1 unspecified atom stereocenters. The van der Waals surface area contributed by atoms with Crippen LogP contribution in [0.15, 0.2) is 36.9 Å². The summed E-state index contributed by atoms with van der Waals surface area (Å²) < 4.78 is 1.62. The molecule has 0 saturated carbocycles. The molecule has 3 rings (SSSR count). The molecular formula is C17H20ClN5O2. The molecule has 7 nitrogen and oxygen atoms in total. The van der Waals surface area contributed by atoms with Crippen molar-refractivity contribution >= 4 is 23.4 Å². The summed E-state index contributed by atoms with van der Waals surface area (Å²) in [6.45, 7) is 2.97. The molecule has 2 N–H and O–H groups in total. The number of benzene rings is 1. The second-order valence-electron chi connectivity index (χ2n) is 6.66. The van der Waals surface area contributed by atoms with Crippen LogP contribution >= 0.6 is 11.6 Å². The molecule has 0 aliphatic carbocycles. The van der Waals surface area contributed by atoms with E-state index in [1.54, 1.807) is 28.0 Å². The minimum absolute atomic E-state index is 0.0107. The monoisotopic (exact) mass is 361 g/mol. The maximum atomic E-state index is 12.6. The smallest absolute Gasteiger partial charge is 0.227 e. The van der Waals surface area contributed by atoms with E-state index < -0.39 is 5.41 Å². The molecule has 2 amide bonds. The maximum absolute atomic E-state index is 12.6. The number of aromatic nitrogens is 3. The number of nitrogens with two attached hydrogens (primary N) is 1. The lowest BCUT2D eigenvalue weighted by atomic mass is 9.73. The zero-order valence-electron chi connectivity index (χ0n) is 13.9. The third-order valence-electron chi connectivity index (χ3n) is 4.63. The Kier molecular flexibility index (Phi) is 4.76. The van der Waals surface area contributed by atoms with E-state index in [2.05, 4.69) is 10.1 Å². The van der Waals surface area contributed by atoms with Gasteiger partial charge >= 0.3 is 0 Å². The summed E-state index contributed by atoms with van der Waals surface area (Å²) in [5.74, 6) is -0.637. The van der Waals surface area contributed by atoms with E-state index in [0.717, 1.165) is 5.56 Å². The first kappa shape index (κ1) is 17.4. The fourth-order valence-corrected chi connectivity index (χ4v) is 3.31. The van der Waals surface area contributed by atoms with Crippen LogP contribution < -0.4 is 5.73 Å². The van der Waals surface area contributed by atoms with E-state index in [0.29, 0.717) is 31.1 Å². The van der Waals surface area contributed by atoms with E-state index in [1.807, 2.05) is 19.1 Å². The number of hydrogen-bond donors (Lipinski definition) is 1. The van der Waals surface area contributed by atoms with Crippen LogP contribution in [0.5, 0.6) is 0 Å². The van der Waals surface area contributed by atoms with Gasteiger partial charge in [0.05, 0.1) is 17.9 Å². The zero-order valence-corrected chi connectivity index (χ0v) is 14.7. The minimum Gasteiger partial charge on any atom is -0.369 e. The lowest BCUT2D eigenvalue weighted by molar-refractivity contribution is -0.154. The molecule has 8 heteroatoms. The molecule has 0 bridgehead atoms. The predicted molar refractivity (Wildman–Crippen MR) is 92.5 cm³/mol. The lowest BCUT2D eigenvalue weighted by Crippen LogP contribution is -2.65. The van der Waals surface area contributed by atoms with E-state index in [9.17, 15) is 9.59 Å². The normalized spacial score (nSPS) is 17.0. The molecule has 1 saturated heterocycles. The topological polar surface area (TPSA) is 94.1 Å². The van der Waals surface area contributed by atoms with Gasteiger partial charge < -0.3 is 10.6 Å². The summed E-state index contributed by atoms with van der Waals surface area (Å²) in [6, 6.07) is 7.33. The molecular weight excluding hydrogens is 342 g/mol. The van der Waals surface area contributed by atoms with Gasteiger partial charge in [0.2, 0.25) is 11.8 Å². The highest BCUT2D eigenvalue weighted by Crippen LogP contribution is 2.35. The van der Waals surface area contributed by atoms with Crippen molar-refractivity contribution in [3.63, 3.8) is 0 Å². The number of halogens is 1. The Morgan fingerprint density at radius 3 is 2.56 bits per heavy atom. The van der Waals surface area contributed by atoms with E-state index >= 15 is 0 Å². The van der Waals surface area contributed by atoms with Gasteiger partial charge in [0.25, 0.3) is 0 Å². The summed E-state index contributed by atoms with van der Waals surface area (Å²) in [4.78, 5) is 30.1. The zero-order chi connectivity index (χ0) is 18.0. The van der Waals surface area contributed by atoms with Crippen molar-refractivity contribution in [1.29, 1.82) is 0 Å². The Morgan fingerprint density at radius 2 is 2.00 bits per heavy atom. The number of hydrogen-bond acceptors (Lipinski definition) is 4. The Bertz CT molecular complexity index is 754. The Labute approximate surface area is 150 Å². The third kappa shape index (κ3) is 3.66. The third-order valence-corrected chi connectivity index (χ3v) is 4.88. The van der Waals surface area contributed by atoms with E-state index in [4.69, 9.17) is 17.3 Å². The molecule has 1 aromatic carbocycles. The number of nitrogens with zero attached hydrogens (tertiary/aromatic N) is 4. The first-order chi connectivity index (χ1) is 11.9. The Balaban J connectivity index is 1.63. The van der Waals surface area contributed by atoms with Crippen LogP contribution in [-0.2, 0) is 22.6 Å². The second-order valence-corrected chi connectivity index (χ2v) is 7.10. The van der Waals surface area contributed by atoms with Crippen LogP contribution in [0.25, 0.3) is 0 Å². The number of amides is 2. The summed E-state index contributed by atoms with van der Waals surface area (Å²) in [7, 11) is 0. The van der Waals surface area contributed by atoms with Crippen molar-refractivity contribution in [3.8, 4) is 0 Å². The predicted octanol–water partition coefficient (Wildman–Crippen LogP) is 1.12. The Morgan fingerprint density at radius 1 is 1.32 bits per heavy atom. The summed E-state index contributed by atoms with van der Waals surface area (Å²) >= 11 is 5.90. The van der Waals surface area contributed by atoms with Crippen molar-refractivity contribution in [1.82, 2.24) is 19.7 Å². The van der Waals surface area contributed by atoms with Crippen LogP contribution in [0.2, 0.25) is 5.02 Å². The Hall–Kier alpha value is -2.41. The fourth-order valence-electron chi connectivity index (χ4n) is 3.19. The highest BCUT2D eigenvalue weighted by atomic mass is 35.5. The van der Waals surface area contributed by atoms with Crippen LogP contribution in [0.1, 0.15) is 12.5 Å². The number of rotatable bonds is 6. The van der Waals surface area contributed by atoms with Gasteiger partial charge in [-0.25, -0.2) is 4.98 Å². The lowest BCUT2D eigenvalue weighted by Gasteiger charge is -2.49. The molecule has 132 valence electrons. The SMILES string of the molecule is CC(Cn1cncn1)C(=O)N1CC(Cc2ccc(Cl)cc2)(C(N)=O)C1. The maximum Gasteiger partial charge on any atom is 0.227 e. The van der Waals surface area contributed by atoms with Crippen LogP contribution in [0.4, 0.5) is 0 Å². The number of carbonyl (C=O) groups is 2. The molecule has 1 aliphatic rings. The highest BCUT2D eigenvalue weighted by molar-refractivity contribution is 6.30. The quantitative estimate of drug-likeness (QED) is 0.834. The molecule has 25 heavy (non-hydrogen) atoms. The molecule has 2 aromatic rings. The first-order valence-corrected chi connectivity index (χ1v) is 8.43. The molecule has 1 aromatic heterocycles. The van der Waals surface area contributed by atoms with Crippen LogP contribution in [-0.4, -0.2) is 44.6 Å². The summed E-state index contributed by atoms with van der Waals surface area (Å²) in [5, 5.41) is 4.65. The number of likely N-dealkylation sites (tertiary alicyclic amines) is 1. The van der Waals surface area contributed by atoms with Crippen molar-refractivity contribution in [2.45, 2.75) is 19.9 Å². The van der Waals surface area contributed by atoms with Crippen molar-refractivity contribution in [2.24, 2.45) is 17.1 Å². The molecule has 0 spiro atoms. The number of carbonyl (C=O) groups excluding carboxylic acids is 2. The van der Waals surface area contributed by atoms with Gasteiger partial charge in [-0.15, -0.1) is 0 Å². The molecule has 1 atom stereocenters. The van der Waals surface area contributed by atoms with Gasteiger partial charge in [-0.1, -0.05) is 30.7 Å². The minimum atomic E-state index is -0.712. The average Bonchev–Trinajstić information content (AvgIpc) is 3.04. The van der Waals surface area contributed by atoms with E-state index in [1.165, 1.54) is 6.33 Å². The average molecular weight is 362 g/mol. The van der Waals surface area contributed by atoms with E-state index in [-0.39, 0.29) is 17.7 Å². The molecule has 0 radical (unpaired) electrons. The van der Waals surface area contributed by atoms with Crippen LogP contribution in [0.3, 0.4) is 0 Å². The summed E-state index contributed by atoms with van der Waals surface area (Å²) in [6.07, 6.45) is 3.51. The highest BCUT2D eigenvalue weighted by Gasteiger charge is 2.50. The molecule has 1 aliphatic heterocycles. The second kappa shape index (κ2) is 6.84. The fraction of sp³-hybridized carbons (Fsp3) is 0.412. The van der Waals surface area contributed by atoms with Gasteiger partial charge in [0.15, 0.2) is 0 Å². The molecule has 1 fully saturated rings. The summed E-state index contributed by atoms with van der Waals surface area (Å²) in [5.41, 5.74) is 5.90. The number of primary amides is 1. The van der Waals surface area contributed by atoms with Gasteiger partial charge in [0, 0.05) is 18.1 Å². The van der Waals surface area contributed by atoms with Gasteiger partial charge in [0.1, 0.15) is 12.7 Å². The largest absolute Gasteiger partial charge is 0.369 e. The standard InChI is InChI=1S/C17H20ClN5O2/c1-12(7-23-11-20-10-21-23)15(24)22-8-17(9-22,16(19)25)6-13-2-4-14(18)5-3-13/h2-5,10-12H,6-9H2,1H3,(H2,19,25). The van der Waals surface area contributed by atoms with Crippen LogP contribution in [0, 0.1) is 11.3 Å². The van der Waals surface area contributed by atoms with Gasteiger partial charge in [-0.2, -0.15) is 5.10 Å². The van der Waals surface area contributed by atoms with Crippen molar-refractivity contribution in [2.75, 3.05) is 13.1 Å². The molecule has 2 heterocycles. The van der Waals surface area contributed by atoms with Gasteiger partial charge in [-0.05, 0) is 24.1 Å². The first-order valence-electron chi connectivity index (χ1n) is 8.05.